The second-order valence-corrected chi connectivity index (χ2v) is 7.44. The van der Waals surface area contributed by atoms with Crippen molar-refractivity contribution in [3.05, 3.63) is 101 Å². The normalized spacial score (nSPS) is 12.6. The van der Waals surface area contributed by atoms with Gasteiger partial charge >= 0.3 is 6.09 Å². The molecule has 1 aliphatic carbocycles. The van der Waals surface area contributed by atoms with E-state index in [9.17, 15) is 9.18 Å². The van der Waals surface area contributed by atoms with Crippen LogP contribution in [0.4, 0.5) is 9.18 Å². The smallest absolute Gasteiger partial charge is 0.407 e. The molecule has 1 amide bonds. The average molecular weight is 401 g/mol. The van der Waals surface area contributed by atoms with E-state index in [1.54, 1.807) is 6.07 Å². The van der Waals surface area contributed by atoms with Crippen LogP contribution in [0.3, 0.4) is 0 Å². The summed E-state index contributed by atoms with van der Waals surface area (Å²) in [5.41, 5.74) is 6.66. The maximum absolute atomic E-state index is 13.3. The summed E-state index contributed by atoms with van der Waals surface area (Å²) in [6, 6.07) is 21.2. The highest BCUT2D eigenvalue weighted by Gasteiger charge is 2.28. The Labute approximate surface area is 176 Å². The number of nitrogens with one attached hydrogen (secondary N) is 1. The molecule has 1 aliphatic rings. The molecule has 0 spiro atoms. The number of fused-ring (bicyclic) bond motifs is 3. The number of aryl methyl sites for hydroxylation is 1. The standard InChI is InChI=1S/C26H24FNO2/c1-18-13-14-20(27)16-19(18)8-6-7-15-28-26(29)30-17-25-23-11-4-2-9-21(23)22-10-3-5-12-24(22)25/h2-6,8-14,16,25H,7,15,17H2,1H3,(H,28,29). The fraction of sp³-hybridized carbons (Fsp3) is 0.192. The van der Waals surface area contributed by atoms with Crippen molar-refractivity contribution >= 4 is 12.2 Å². The number of carbonyl (C=O) groups is 1. The van der Waals surface area contributed by atoms with Crippen molar-refractivity contribution in [2.75, 3.05) is 13.2 Å². The van der Waals surface area contributed by atoms with Gasteiger partial charge in [0.25, 0.3) is 0 Å². The van der Waals surface area contributed by atoms with Crippen molar-refractivity contribution in [3.63, 3.8) is 0 Å². The Bertz CT molecular complexity index is 1040. The fourth-order valence-corrected chi connectivity index (χ4v) is 3.91. The Morgan fingerprint density at radius 2 is 1.70 bits per heavy atom. The van der Waals surface area contributed by atoms with Gasteiger partial charge in [0.05, 0.1) is 0 Å². The molecule has 3 nitrogen and oxygen atoms in total. The number of alkyl carbamates (subject to hydrolysis) is 1. The van der Waals surface area contributed by atoms with Crippen molar-refractivity contribution in [3.8, 4) is 11.1 Å². The van der Waals surface area contributed by atoms with Crippen LogP contribution >= 0.6 is 0 Å². The van der Waals surface area contributed by atoms with Crippen molar-refractivity contribution in [1.82, 2.24) is 5.32 Å². The van der Waals surface area contributed by atoms with Gasteiger partial charge in [0.1, 0.15) is 12.4 Å². The number of hydrogen-bond acceptors (Lipinski definition) is 2. The van der Waals surface area contributed by atoms with Gasteiger partial charge in [-0.25, -0.2) is 9.18 Å². The predicted octanol–water partition coefficient (Wildman–Crippen LogP) is 6.08. The maximum atomic E-state index is 13.3. The minimum Gasteiger partial charge on any atom is -0.449 e. The Hall–Kier alpha value is -3.40. The van der Waals surface area contributed by atoms with Crippen molar-refractivity contribution in [2.45, 2.75) is 19.3 Å². The molecule has 0 heterocycles. The molecule has 0 aromatic heterocycles. The highest BCUT2D eigenvalue weighted by atomic mass is 19.1. The van der Waals surface area contributed by atoms with Gasteiger partial charge < -0.3 is 10.1 Å². The summed E-state index contributed by atoms with van der Waals surface area (Å²) < 4.78 is 18.8. The van der Waals surface area contributed by atoms with Crippen LogP contribution in [0.15, 0.2) is 72.8 Å². The summed E-state index contributed by atoms with van der Waals surface area (Å²) in [4.78, 5) is 12.1. The van der Waals surface area contributed by atoms with Crippen molar-refractivity contribution < 1.29 is 13.9 Å². The van der Waals surface area contributed by atoms with Crippen molar-refractivity contribution in [2.24, 2.45) is 0 Å². The molecule has 4 rings (SSSR count). The zero-order chi connectivity index (χ0) is 20.9. The van der Waals surface area contributed by atoms with E-state index >= 15 is 0 Å². The summed E-state index contributed by atoms with van der Waals surface area (Å²) in [7, 11) is 0. The van der Waals surface area contributed by atoms with Crippen LogP contribution in [-0.2, 0) is 4.74 Å². The lowest BCUT2D eigenvalue weighted by molar-refractivity contribution is 0.143. The molecular formula is C26H24FNO2. The lowest BCUT2D eigenvalue weighted by atomic mass is 9.98. The van der Waals surface area contributed by atoms with Gasteiger partial charge in [-0.2, -0.15) is 0 Å². The molecule has 0 unspecified atom stereocenters. The molecule has 0 saturated heterocycles. The third-order valence-corrected chi connectivity index (χ3v) is 5.46. The summed E-state index contributed by atoms with van der Waals surface area (Å²) in [6.45, 7) is 2.70. The highest BCUT2D eigenvalue weighted by Crippen LogP contribution is 2.44. The number of benzene rings is 3. The molecule has 30 heavy (non-hydrogen) atoms. The maximum Gasteiger partial charge on any atom is 0.407 e. The molecule has 0 atom stereocenters. The molecule has 0 radical (unpaired) electrons. The van der Waals surface area contributed by atoms with E-state index in [0.717, 1.165) is 11.1 Å². The number of amides is 1. The van der Waals surface area contributed by atoms with Gasteiger partial charge in [-0.15, -0.1) is 0 Å². The Morgan fingerprint density at radius 1 is 1.03 bits per heavy atom. The van der Waals surface area contributed by atoms with E-state index in [4.69, 9.17) is 4.74 Å². The first-order valence-corrected chi connectivity index (χ1v) is 10.1. The van der Waals surface area contributed by atoms with Crippen LogP contribution < -0.4 is 5.32 Å². The van der Waals surface area contributed by atoms with Crippen LogP contribution in [0.5, 0.6) is 0 Å². The first kappa shape index (κ1) is 19.9. The number of halogens is 1. The Morgan fingerprint density at radius 3 is 2.40 bits per heavy atom. The number of hydrogen-bond donors (Lipinski definition) is 1. The zero-order valence-corrected chi connectivity index (χ0v) is 16.9. The van der Waals surface area contributed by atoms with Crippen LogP contribution in [0.25, 0.3) is 17.2 Å². The lowest BCUT2D eigenvalue weighted by Crippen LogP contribution is -2.26. The van der Waals surface area contributed by atoms with Crippen molar-refractivity contribution in [1.29, 1.82) is 0 Å². The quantitative estimate of drug-likeness (QED) is 0.509. The minimum atomic E-state index is -0.424. The summed E-state index contributed by atoms with van der Waals surface area (Å²) >= 11 is 0. The minimum absolute atomic E-state index is 0.0546. The summed E-state index contributed by atoms with van der Waals surface area (Å²) in [5.74, 6) is -0.198. The van der Waals surface area contributed by atoms with Crippen LogP contribution in [-0.4, -0.2) is 19.2 Å². The van der Waals surface area contributed by atoms with E-state index in [2.05, 4.69) is 29.6 Å². The first-order chi connectivity index (χ1) is 14.6. The molecule has 0 bridgehead atoms. The molecule has 3 aromatic carbocycles. The predicted molar refractivity (Wildman–Crippen MR) is 118 cm³/mol. The van der Waals surface area contributed by atoms with Gasteiger partial charge in [-0.3, -0.25) is 0 Å². The molecule has 152 valence electrons. The molecule has 0 saturated carbocycles. The van der Waals surface area contributed by atoms with Crippen LogP contribution in [0.1, 0.15) is 34.6 Å². The SMILES string of the molecule is Cc1ccc(F)cc1C=CCCNC(=O)OCC1c2ccccc2-c2ccccc21. The molecule has 0 aliphatic heterocycles. The second-order valence-electron chi connectivity index (χ2n) is 7.44. The van der Waals surface area contributed by atoms with Crippen LogP contribution in [0.2, 0.25) is 0 Å². The fourth-order valence-electron chi connectivity index (χ4n) is 3.91. The summed E-state index contributed by atoms with van der Waals surface area (Å²) in [6.07, 6.45) is 4.01. The van der Waals surface area contributed by atoms with Gasteiger partial charge in [-0.05, 0) is 58.9 Å². The lowest BCUT2D eigenvalue weighted by Gasteiger charge is -2.14. The number of rotatable bonds is 6. The van der Waals surface area contributed by atoms with Gasteiger partial charge in [0.15, 0.2) is 0 Å². The third kappa shape index (κ3) is 4.28. The molecule has 1 N–H and O–H groups in total. The molecular weight excluding hydrogens is 377 g/mol. The van der Waals surface area contributed by atoms with E-state index in [0.29, 0.717) is 19.6 Å². The van der Waals surface area contributed by atoms with Gasteiger partial charge in [-0.1, -0.05) is 66.7 Å². The third-order valence-electron chi connectivity index (χ3n) is 5.46. The Kier molecular flexibility index (Phi) is 5.94. The largest absolute Gasteiger partial charge is 0.449 e. The Balaban J connectivity index is 1.28. The van der Waals surface area contributed by atoms with E-state index < -0.39 is 6.09 Å². The highest BCUT2D eigenvalue weighted by molar-refractivity contribution is 5.79. The van der Waals surface area contributed by atoms with E-state index in [1.807, 2.05) is 43.3 Å². The summed E-state index contributed by atoms with van der Waals surface area (Å²) in [5, 5.41) is 2.78. The van der Waals surface area contributed by atoms with Gasteiger partial charge in [0.2, 0.25) is 0 Å². The van der Waals surface area contributed by atoms with Crippen LogP contribution in [0, 0.1) is 12.7 Å². The molecule has 4 heteroatoms. The zero-order valence-electron chi connectivity index (χ0n) is 16.9. The number of ether oxygens (including phenoxy) is 1. The topological polar surface area (TPSA) is 38.3 Å². The number of carbonyl (C=O) groups excluding carboxylic acids is 1. The van der Waals surface area contributed by atoms with E-state index in [1.165, 1.54) is 34.4 Å². The molecule has 3 aromatic rings. The average Bonchev–Trinajstić information content (AvgIpc) is 3.08. The van der Waals surface area contributed by atoms with Gasteiger partial charge in [0, 0.05) is 12.5 Å². The molecule has 0 fully saturated rings. The second kappa shape index (κ2) is 8.95. The van der Waals surface area contributed by atoms with E-state index in [-0.39, 0.29) is 11.7 Å². The first-order valence-electron chi connectivity index (χ1n) is 10.1. The monoisotopic (exact) mass is 401 g/mol.